The molecule has 0 radical (unpaired) electrons. The molecule has 7 heteroatoms. The van der Waals surface area contributed by atoms with E-state index in [2.05, 4.69) is 5.32 Å². The molecular formula is C14H14FN3O3. The van der Waals surface area contributed by atoms with Gasteiger partial charge in [0.25, 0.3) is 0 Å². The van der Waals surface area contributed by atoms with Gasteiger partial charge in [0.2, 0.25) is 0 Å². The summed E-state index contributed by atoms with van der Waals surface area (Å²) < 4.78 is 13.2. The van der Waals surface area contributed by atoms with Crippen molar-refractivity contribution in [3.63, 3.8) is 0 Å². The molecule has 1 aliphatic heterocycles. The molecule has 2 N–H and O–H groups in total. The summed E-state index contributed by atoms with van der Waals surface area (Å²) in [6.45, 7) is 0.620. The molecule has 0 aliphatic carbocycles. The summed E-state index contributed by atoms with van der Waals surface area (Å²) >= 11 is 0. The first-order valence-corrected chi connectivity index (χ1v) is 6.49. The molecule has 0 saturated carbocycles. The number of urea groups is 1. The van der Waals surface area contributed by atoms with Crippen molar-refractivity contribution in [3.05, 3.63) is 29.6 Å². The van der Waals surface area contributed by atoms with Crippen LogP contribution in [0.25, 0.3) is 0 Å². The molecule has 0 bridgehead atoms. The zero-order chi connectivity index (χ0) is 15.4. The number of carboxylic acid groups (broad SMARTS) is 1. The Bertz CT molecular complexity index is 612. The first-order valence-electron chi connectivity index (χ1n) is 6.49. The zero-order valence-electron chi connectivity index (χ0n) is 11.2. The number of nitriles is 1. The number of nitrogens with one attached hydrogen (secondary N) is 1. The number of rotatable bonds is 2. The Morgan fingerprint density at radius 1 is 1.48 bits per heavy atom. The maximum absolute atomic E-state index is 13.2. The molecule has 6 nitrogen and oxygen atoms in total. The van der Waals surface area contributed by atoms with Crippen molar-refractivity contribution in [3.8, 4) is 6.07 Å². The van der Waals surface area contributed by atoms with Gasteiger partial charge in [0.1, 0.15) is 11.9 Å². The summed E-state index contributed by atoms with van der Waals surface area (Å²) in [5.74, 6) is -2.13. The minimum absolute atomic E-state index is 0.146. The number of benzene rings is 1. The number of nitrogens with zero attached hydrogens (tertiary/aromatic N) is 2. The van der Waals surface area contributed by atoms with Crippen LogP contribution < -0.4 is 5.32 Å². The van der Waals surface area contributed by atoms with E-state index >= 15 is 0 Å². The van der Waals surface area contributed by atoms with Crippen LogP contribution in [0.5, 0.6) is 0 Å². The van der Waals surface area contributed by atoms with Crippen LogP contribution in [0, 0.1) is 23.1 Å². The third kappa shape index (κ3) is 3.48. The van der Waals surface area contributed by atoms with E-state index < -0.39 is 23.7 Å². The maximum Gasteiger partial charge on any atom is 0.321 e. The Morgan fingerprint density at radius 3 is 2.90 bits per heavy atom. The van der Waals surface area contributed by atoms with Crippen molar-refractivity contribution in [2.45, 2.75) is 12.8 Å². The molecule has 1 aromatic rings. The first kappa shape index (κ1) is 14.8. The first-order chi connectivity index (χ1) is 10.0. The number of likely N-dealkylation sites (tertiary alicyclic amines) is 1. The second-order valence-electron chi connectivity index (χ2n) is 4.86. The lowest BCUT2D eigenvalue weighted by Crippen LogP contribution is -2.44. The van der Waals surface area contributed by atoms with Crippen molar-refractivity contribution in [1.82, 2.24) is 4.90 Å². The van der Waals surface area contributed by atoms with Gasteiger partial charge in [-0.25, -0.2) is 9.18 Å². The van der Waals surface area contributed by atoms with Crippen molar-refractivity contribution >= 4 is 17.7 Å². The number of carbonyl (C=O) groups is 2. The largest absolute Gasteiger partial charge is 0.481 e. The van der Waals surface area contributed by atoms with Crippen molar-refractivity contribution in [2.75, 3.05) is 18.4 Å². The van der Waals surface area contributed by atoms with Crippen LogP contribution in [-0.4, -0.2) is 35.1 Å². The van der Waals surface area contributed by atoms with Crippen LogP contribution >= 0.6 is 0 Å². The van der Waals surface area contributed by atoms with E-state index in [1.54, 1.807) is 6.07 Å². The number of anilines is 1. The fourth-order valence-electron chi connectivity index (χ4n) is 2.25. The van der Waals surface area contributed by atoms with E-state index in [0.717, 1.165) is 6.07 Å². The molecule has 0 spiro atoms. The highest BCUT2D eigenvalue weighted by Gasteiger charge is 2.28. The highest BCUT2D eigenvalue weighted by molar-refractivity contribution is 5.90. The van der Waals surface area contributed by atoms with E-state index in [0.29, 0.717) is 25.1 Å². The van der Waals surface area contributed by atoms with Crippen molar-refractivity contribution < 1.29 is 19.1 Å². The normalized spacial score (nSPS) is 17.9. The van der Waals surface area contributed by atoms with Gasteiger partial charge in [-0.3, -0.25) is 4.79 Å². The summed E-state index contributed by atoms with van der Waals surface area (Å²) in [4.78, 5) is 24.4. The monoisotopic (exact) mass is 291 g/mol. The number of hydrogen-bond acceptors (Lipinski definition) is 3. The van der Waals surface area contributed by atoms with Gasteiger partial charge in [0.15, 0.2) is 0 Å². The third-order valence-electron chi connectivity index (χ3n) is 3.40. The fourth-order valence-corrected chi connectivity index (χ4v) is 2.25. The molecule has 2 amide bonds. The lowest BCUT2D eigenvalue weighted by Gasteiger charge is -2.30. The SMILES string of the molecule is N#Cc1cc(NC(=O)N2CCC[C@@H](C(=O)O)C2)ccc1F. The van der Waals surface area contributed by atoms with E-state index in [4.69, 9.17) is 10.4 Å². The van der Waals surface area contributed by atoms with Crippen molar-refractivity contribution in [1.29, 1.82) is 5.26 Å². The highest BCUT2D eigenvalue weighted by atomic mass is 19.1. The van der Waals surface area contributed by atoms with E-state index in [1.807, 2.05) is 0 Å². The number of aliphatic carboxylic acids is 1. The number of hydrogen-bond donors (Lipinski definition) is 2. The number of halogens is 1. The molecule has 2 rings (SSSR count). The van der Waals surface area contributed by atoms with Crippen LogP contribution in [0.15, 0.2) is 18.2 Å². The summed E-state index contributed by atoms with van der Waals surface area (Å²) in [5.41, 5.74) is 0.144. The van der Waals surface area contributed by atoms with Gasteiger partial charge in [-0.15, -0.1) is 0 Å². The summed E-state index contributed by atoms with van der Waals surface area (Å²) in [7, 11) is 0. The summed E-state index contributed by atoms with van der Waals surface area (Å²) in [5, 5.41) is 20.3. The van der Waals surface area contributed by atoms with Crippen LogP contribution in [0.4, 0.5) is 14.9 Å². The molecule has 0 unspecified atom stereocenters. The predicted octanol–water partition coefficient (Wildman–Crippen LogP) is 2.03. The molecule has 110 valence electrons. The van der Waals surface area contributed by atoms with Gasteiger partial charge >= 0.3 is 12.0 Å². The number of piperidine rings is 1. The molecule has 1 atom stereocenters. The molecule has 1 heterocycles. The number of carbonyl (C=O) groups excluding carboxylic acids is 1. The summed E-state index contributed by atoms with van der Waals surface area (Å²) in [6.07, 6.45) is 1.17. The van der Waals surface area contributed by atoms with E-state index in [-0.39, 0.29) is 12.1 Å². The second kappa shape index (κ2) is 6.22. The maximum atomic E-state index is 13.2. The van der Waals surface area contributed by atoms with Gasteiger partial charge in [0.05, 0.1) is 11.5 Å². The van der Waals surface area contributed by atoms with Gasteiger partial charge in [-0.2, -0.15) is 5.26 Å². The molecule has 1 saturated heterocycles. The molecule has 1 fully saturated rings. The molecule has 1 aliphatic rings. The van der Waals surface area contributed by atoms with Crippen LogP contribution in [0.2, 0.25) is 0 Å². The topological polar surface area (TPSA) is 93.4 Å². The van der Waals surface area contributed by atoms with Gasteiger partial charge in [-0.05, 0) is 31.0 Å². The average molecular weight is 291 g/mol. The Balaban J connectivity index is 2.04. The van der Waals surface area contributed by atoms with E-state index in [9.17, 15) is 14.0 Å². The lowest BCUT2D eigenvalue weighted by atomic mass is 9.99. The summed E-state index contributed by atoms with van der Waals surface area (Å²) in [6, 6.07) is 4.94. The van der Waals surface area contributed by atoms with E-state index in [1.165, 1.54) is 17.0 Å². The fraction of sp³-hybridized carbons (Fsp3) is 0.357. The molecule has 0 aromatic heterocycles. The lowest BCUT2D eigenvalue weighted by molar-refractivity contribution is -0.143. The van der Waals surface area contributed by atoms with Crippen LogP contribution in [0.1, 0.15) is 18.4 Å². The standard InChI is InChI=1S/C14H14FN3O3/c15-12-4-3-11(6-10(12)7-16)17-14(21)18-5-1-2-9(8-18)13(19)20/h3-4,6,9H,1-2,5,8H2,(H,17,21)(H,19,20)/t9-/m1/s1. The molecule has 21 heavy (non-hydrogen) atoms. The van der Waals surface area contributed by atoms with Gasteiger partial charge < -0.3 is 15.3 Å². The minimum Gasteiger partial charge on any atom is -0.481 e. The smallest absolute Gasteiger partial charge is 0.321 e. The Hall–Kier alpha value is -2.62. The Labute approximate surface area is 120 Å². The number of carboxylic acids is 1. The van der Waals surface area contributed by atoms with Crippen LogP contribution in [0.3, 0.4) is 0 Å². The molecular weight excluding hydrogens is 277 g/mol. The van der Waals surface area contributed by atoms with Gasteiger partial charge in [-0.1, -0.05) is 0 Å². The quantitative estimate of drug-likeness (QED) is 0.871. The highest BCUT2D eigenvalue weighted by Crippen LogP contribution is 2.19. The zero-order valence-corrected chi connectivity index (χ0v) is 11.2. The van der Waals surface area contributed by atoms with Gasteiger partial charge in [0, 0.05) is 18.8 Å². The third-order valence-corrected chi connectivity index (χ3v) is 3.40. The van der Waals surface area contributed by atoms with Crippen LogP contribution in [-0.2, 0) is 4.79 Å². The Kier molecular flexibility index (Phi) is 4.38. The second-order valence-corrected chi connectivity index (χ2v) is 4.86. The molecule has 1 aromatic carbocycles. The average Bonchev–Trinajstić information content (AvgIpc) is 2.49. The minimum atomic E-state index is -0.916. The predicted molar refractivity (Wildman–Crippen MR) is 72.1 cm³/mol. The van der Waals surface area contributed by atoms with Crippen molar-refractivity contribution in [2.24, 2.45) is 5.92 Å². The number of amides is 2. The Morgan fingerprint density at radius 2 is 2.24 bits per heavy atom.